The molecule has 7 nitrogen and oxygen atoms in total. The fraction of sp³-hybridized carbons (Fsp3) is 0.357. The molecule has 0 saturated carbocycles. The van der Waals surface area contributed by atoms with Gasteiger partial charge in [-0.05, 0) is 36.2 Å². The zero-order valence-corrected chi connectivity index (χ0v) is 11.8. The van der Waals surface area contributed by atoms with E-state index in [9.17, 15) is 15.2 Å². The van der Waals surface area contributed by atoms with Crippen molar-refractivity contribution in [2.45, 2.75) is 12.5 Å². The van der Waals surface area contributed by atoms with Gasteiger partial charge in [0.25, 0.3) is 5.69 Å². The average molecular weight is 290 g/mol. The molecule has 0 bridgehead atoms. The smallest absolute Gasteiger partial charge is 0.269 e. The van der Waals surface area contributed by atoms with E-state index in [2.05, 4.69) is 10.4 Å². The number of hydrogen-bond donors (Lipinski definition) is 2. The zero-order valence-electron chi connectivity index (χ0n) is 11.8. The summed E-state index contributed by atoms with van der Waals surface area (Å²) >= 11 is 0. The van der Waals surface area contributed by atoms with Crippen LogP contribution in [0.5, 0.6) is 0 Å². The molecule has 1 unspecified atom stereocenters. The number of non-ortho nitro benzene ring substituents is 1. The normalized spacial score (nSPS) is 12.3. The van der Waals surface area contributed by atoms with Gasteiger partial charge < -0.3 is 10.4 Å². The Labute approximate surface area is 122 Å². The second-order valence-electron chi connectivity index (χ2n) is 4.84. The summed E-state index contributed by atoms with van der Waals surface area (Å²) < 4.78 is 1.75. The van der Waals surface area contributed by atoms with E-state index in [1.54, 1.807) is 16.8 Å². The Morgan fingerprint density at radius 3 is 2.71 bits per heavy atom. The summed E-state index contributed by atoms with van der Waals surface area (Å²) in [6.45, 7) is 1.13. The number of hydrogen-bond acceptors (Lipinski definition) is 5. The number of nitrogens with one attached hydrogen (secondary N) is 1. The molecule has 0 fully saturated rings. The van der Waals surface area contributed by atoms with Crippen LogP contribution >= 0.6 is 0 Å². The van der Waals surface area contributed by atoms with E-state index in [0.29, 0.717) is 12.1 Å². The van der Waals surface area contributed by atoms with E-state index in [0.717, 1.165) is 18.5 Å². The lowest BCUT2D eigenvalue weighted by Gasteiger charge is -2.11. The van der Waals surface area contributed by atoms with Crippen molar-refractivity contribution < 1.29 is 10.0 Å². The first kappa shape index (κ1) is 15.1. The molecule has 112 valence electrons. The highest BCUT2D eigenvalue weighted by Crippen LogP contribution is 2.17. The lowest BCUT2D eigenvalue weighted by Crippen LogP contribution is -2.23. The van der Waals surface area contributed by atoms with E-state index in [1.807, 2.05) is 19.4 Å². The molecule has 0 aliphatic rings. The predicted octanol–water partition coefficient (Wildman–Crippen LogP) is 1.19. The fourth-order valence-corrected chi connectivity index (χ4v) is 2.01. The first-order chi connectivity index (χ1) is 10.1. The fourth-order valence-electron chi connectivity index (χ4n) is 2.01. The number of benzene rings is 1. The van der Waals surface area contributed by atoms with Gasteiger partial charge in [-0.1, -0.05) is 0 Å². The molecule has 1 aromatic carbocycles. The van der Waals surface area contributed by atoms with Crippen LogP contribution in [0.3, 0.4) is 0 Å². The quantitative estimate of drug-likeness (QED) is 0.454. The van der Waals surface area contributed by atoms with Crippen molar-refractivity contribution in [1.82, 2.24) is 15.1 Å². The van der Waals surface area contributed by atoms with Gasteiger partial charge in [0.1, 0.15) is 0 Å². The highest BCUT2D eigenvalue weighted by molar-refractivity contribution is 5.33. The predicted molar refractivity (Wildman–Crippen MR) is 77.8 cm³/mol. The van der Waals surface area contributed by atoms with Crippen molar-refractivity contribution in [3.63, 3.8) is 0 Å². The van der Waals surface area contributed by atoms with E-state index in [4.69, 9.17) is 0 Å². The highest BCUT2D eigenvalue weighted by Gasteiger charge is 2.10. The number of nitrogens with zero attached hydrogens (tertiary/aromatic N) is 3. The Kier molecular flexibility index (Phi) is 5.02. The summed E-state index contributed by atoms with van der Waals surface area (Å²) in [6.07, 6.45) is 3.92. The van der Waals surface area contributed by atoms with Gasteiger partial charge in [0.2, 0.25) is 0 Å². The minimum atomic E-state index is -0.681. The lowest BCUT2D eigenvalue weighted by atomic mass is 10.1. The third-order valence-corrected chi connectivity index (χ3v) is 3.18. The first-order valence-electron chi connectivity index (χ1n) is 6.67. The molecular weight excluding hydrogens is 272 g/mol. The van der Waals surface area contributed by atoms with Gasteiger partial charge in [-0.15, -0.1) is 0 Å². The molecule has 2 N–H and O–H groups in total. The minimum Gasteiger partial charge on any atom is -0.387 e. The Morgan fingerprint density at radius 1 is 1.43 bits per heavy atom. The summed E-state index contributed by atoms with van der Waals surface area (Å²) in [6, 6.07) is 5.94. The number of aromatic nitrogens is 2. The largest absolute Gasteiger partial charge is 0.387 e. The van der Waals surface area contributed by atoms with Gasteiger partial charge in [-0.25, -0.2) is 0 Å². The Bertz CT molecular complexity index is 595. The molecule has 0 radical (unpaired) electrons. The van der Waals surface area contributed by atoms with Crippen molar-refractivity contribution in [2.75, 3.05) is 13.1 Å². The maximum Gasteiger partial charge on any atom is 0.269 e. The Hall–Kier alpha value is -2.25. The molecule has 0 aliphatic carbocycles. The number of nitro benzene ring substituents is 1. The summed E-state index contributed by atoms with van der Waals surface area (Å²) in [5, 5.41) is 27.8. The molecular formula is C14H18N4O3. The van der Waals surface area contributed by atoms with E-state index >= 15 is 0 Å². The molecule has 1 atom stereocenters. The van der Waals surface area contributed by atoms with Crippen molar-refractivity contribution in [3.8, 4) is 0 Å². The molecule has 7 heteroatoms. The molecule has 1 heterocycles. The van der Waals surface area contributed by atoms with Crippen LogP contribution in [0.2, 0.25) is 0 Å². The number of aryl methyl sites for hydroxylation is 1. The second-order valence-corrected chi connectivity index (χ2v) is 4.84. The zero-order chi connectivity index (χ0) is 15.2. The Balaban J connectivity index is 1.76. The van der Waals surface area contributed by atoms with E-state index < -0.39 is 11.0 Å². The monoisotopic (exact) mass is 290 g/mol. The van der Waals surface area contributed by atoms with Crippen molar-refractivity contribution in [2.24, 2.45) is 7.05 Å². The third-order valence-electron chi connectivity index (χ3n) is 3.18. The summed E-state index contributed by atoms with van der Waals surface area (Å²) in [7, 11) is 1.87. The molecule has 0 aliphatic heterocycles. The van der Waals surface area contributed by atoms with Gasteiger partial charge in [-0.2, -0.15) is 5.10 Å². The maximum atomic E-state index is 10.6. The second kappa shape index (κ2) is 6.96. The van der Waals surface area contributed by atoms with E-state index in [1.165, 1.54) is 12.1 Å². The van der Waals surface area contributed by atoms with Crippen molar-refractivity contribution >= 4 is 5.69 Å². The van der Waals surface area contributed by atoms with Crippen LogP contribution in [-0.4, -0.2) is 32.9 Å². The average Bonchev–Trinajstić information content (AvgIpc) is 2.89. The number of rotatable bonds is 7. The number of nitro groups is 1. The molecule has 21 heavy (non-hydrogen) atoms. The van der Waals surface area contributed by atoms with Gasteiger partial charge in [0.15, 0.2) is 0 Å². The van der Waals surface area contributed by atoms with Crippen LogP contribution in [0.15, 0.2) is 36.7 Å². The lowest BCUT2D eigenvalue weighted by molar-refractivity contribution is -0.384. The first-order valence-corrected chi connectivity index (χ1v) is 6.67. The third kappa shape index (κ3) is 4.37. The van der Waals surface area contributed by atoms with Crippen LogP contribution in [0, 0.1) is 10.1 Å². The van der Waals surface area contributed by atoms with Crippen LogP contribution in [0.25, 0.3) is 0 Å². The molecule has 2 rings (SSSR count). The molecule has 0 saturated heterocycles. The van der Waals surface area contributed by atoms with Crippen molar-refractivity contribution in [3.05, 3.63) is 57.9 Å². The van der Waals surface area contributed by atoms with Crippen LogP contribution in [-0.2, 0) is 13.5 Å². The van der Waals surface area contributed by atoms with Crippen LogP contribution in [0.4, 0.5) is 5.69 Å². The molecule has 1 aromatic heterocycles. The van der Waals surface area contributed by atoms with Gasteiger partial charge in [0.05, 0.1) is 17.2 Å². The van der Waals surface area contributed by atoms with Crippen molar-refractivity contribution in [1.29, 1.82) is 0 Å². The van der Waals surface area contributed by atoms with Crippen LogP contribution < -0.4 is 5.32 Å². The highest BCUT2D eigenvalue weighted by atomic mass is 16.6. The number of aliphatic hydroxyl groups is 1. The minimum absolute atomic E-state index is 0.0236. The Morgan fingerprint density at radius 2 is 2.14 bits per heavy atom. The summed E-state index contributed by atoms with van der Waals surface area (Å²) in [5.74, 6) is 0. The van der Waals surface area contributed by atoms with Gasteiger partial charge in [0, 0.05) is 31.9 Å². The summed E-state index contributed by atoms with van der Waals surface area (Å²) in [5.41, 5.74) is 1.82. The van der Waals surface area contributed by atoms with E-state index in [-0.39, 0.29) is 5.69 Å². The molecule has 0 spiro atoms. The van der Waals surface area contributed by atoms with Gasteiger partial charge in [-0.3, -0.25) is 14.8 Å². The van der Waals surface area contributed by atoms with Gasteiger partial charge >= 0.3 is 0 Å². The molecule has 2 aromatic rings. The topological polar surface area (TPSA) is 93.2 Å². The summed E-state index contributed by atoms with van der Waals surface area (Å²) in [4.78, 5) is 10.1. The molecule has 0 amide bonds. The SMILES string of the molecule is Cn1cc(CCNCC(O)c2ccc([N+](=O)[O-])cc2)cn1. The van der Waals surface area contributed by atoms with Crippen LogP contribution in [0.1, 0.15) is 17.2 Å². The standard InChI is InChI=1S/C14H18N4O3/c1-17-10-11(8-16-17)6-7-15-9-14(19)12-2-4-13(5-3-12)18(20)21/h2-5,8,10,14-15,19H,6-7,9H2,1H3. The number of aliphatic hydroxyl groups excluding tert-OH is 1. The maximum absolute atomic E-state index is 10.6.